The minimum Gasteiger partial charge on any atom is -0.256 e. The Bertz CT molecular complexity index is 742. The van der Waals surface area contributed by atoms with E-state index < -0.39 is 0 Å². The van der Waals surface area contributed by atoms with Gasteiger partial charge in [-0.05, 0) is 23.3 Å². The van der Waals surface area contributed by atoms with E-state index in [1.165, 1.54) is 0 Å². The molecule has 90 valence electrons. The van der Waals surface area contributed by atoms with Crippen molar-refractivity contribution in [1.29, 1.82) is 5.26 Å². The van der Waals surface area contributed by atoms with Crippen LogP contribution in [0.5, 0.6) is 0 Å². The third-order valence-electron chi connectivity index (χ3n) is 3.21. The Balaban J connectivity index is 2.10. The van der Waals surface area contributed by atoms with Crippen LogP contribution in [0.25, 0.3) is 10.9 Å². The van der Waals surface area contributed by atoms with Crippen molar-refractivity contribution >= 4 is 10.9 Å². The standard InChI is InChI=1S/C17H12N2/c18-11-16(13-6-2-1-3-7-13)15-10-14-8-4-5-9-17(14)19-12-15/h1-10,12,16H. The molecular weight excluding hydrogens is 232 g/mol. The zero-order valence-corrected chi connectivity index (χ0v) is 10.3. The summed E-state index contributed by atoms with van der Waals surface area (Å²) in [6.07, 6.45) is 1.79. The molecule has 0 bridgehead atoms. The van der Waals surface area contributed by atoms with Crippen LogP contribution in [-0.2, 0) is 0 Å². The number of nitriles is 1. The second-order valence-electron chi connectivity index (χ2n) is 4.43. The Kier molecular flexibility index (Phi) is 2.96. The highest BCUT2D eigenvalue weighted by Crippen LogP contribution is 2.25. The molecule has 2 heteroatoms. The number of benzene rings is 2. The van der Waals surface area contributed by atoms with E-state index in [2.05, 4.69) is 11.1 Å². The average Bonchev–Trinajstić information content (AvgIpc) is 2.49. The third kappa shape index (κ3) is 2.19. The van der Waals surface area contributed by atoms with Gasteiger partial charge >= 0.3 is 0 Å². The van der Waals surface area contributed by atoms with Crippen molar-refractivity contribution in [2.24, 2.45) is 0 Å². The fourth-order valence-corrected chi connectivity index (χ4v) is 2.23. The van der Waals surface area contributed by atoms with Crippen molar-refractivity contribution in [2.75, 3.05) is 0 Å². The van der Waals surface area contributed by atoms with Gasteiger partial charge in [0.15, 0.2) is 0 Å². The van der Waals surface area contributed by atoms with E-state index in [9.17, 15) is 5.26 Å². The summed E-state index contributed by atoms with van der Waals surface area (Å²) in [7, 11) is 0. The smallest absolute Gasteiger partial charge is 0.0977 e. The van der Waals surface area contributed by atoms with Crippen LogP contribution in [0.15, 0.2) is 66.9 Å². The van der Waals surface area contributed by atoms with Gasteiger partial charge in [-0.1, -0.05) is 48.5 Å². The van der Waals surface area contributed by atoms with Gasteiger partial charge in [-0.2, -0.15) is 5.26 Å². The van der Waals surface area contributed by atoms with Gasteiger partial charge in [0.1, 0.15) is 0 Å². The fourth-order valence-electron chi connectivity index (χ4n) is 2.23. The molecule has 1 atom stereocenters. The van der Waals surface area contributed by atoms with E-state index in [0.29, 0.717) is 0 Å². The zero-order valence-electron chi connectivity index (χ0n) is 10.3. The van der Waals surface area contributed by atoms with E-state index in [0.717, 1.165) is 22.0 Å². The largest absolute Gasteiger partial charge is 0.256 e. The highest BCUT2D eigenvalue weighted by molar-refractivity contribution is 5.79. The number of nitrogens with zero attached hydrogens (tertiary/aromatic N) is 2. The van der Waals surface area contributed by atoms with Crippen LogP contribution in [0.1, 0.15) is 17.0 Å². The second-order valence-corrected chi connectivity index (χ2v) is 4.43. The number of fused-ring (bicyclic) bond motifs is 1. The SMILES string of the molecule is N#CC(c1ccccc1)c1cnc2ccccc2c1. The lowest BCUT2D eigenvalue weighted by molar-refractivity contribution is 1.03. The summed E-state index contributed by atoms with van der Waals surface area (Å²) in [6, 6.07) is 22.2. The number of pyridine rings is 1. The molecule has 2 nitrogen and oxygen atoms in total. The maximum atomic E-state index is 9.43. The Morgan fingerprint density at radius 2 is 1.63 bits per heavy atom. The van der Waals surface area contributed by atoms with Crippen LogP contribution < -0.4 is 0 Å². The molecule has 3 rings (SSSR count). The van der Waals surface area contributed by atoms with Crippen molar-refractivity contribution in [3.8, 4) is 6.07 Å². The Morgan fingerprint density at radius 3 is 2.42 bits per heavy atom. The molecule has 0 saturated heterocycles. The van der Waals surface area contributed by atoms with Gasteiger partial charge in [0.25, 0.3) is 0 Å². The van der Waals surface area contributed by atoms with Gasteiger partial charge in [-0.25, -0.2) is 0 Å². The summed E-state index contributed by atoms with van der Waals surface area (Å²) in [5.74, 6) is -0.265. The van der Waals surface area contributed by atoms with Crippen molar-refractivity contribution in [3.63, 3.8) is 0 Å². The van der Waals surface area contributed by atoms with E-state index in [1.54, 1.807) is 6.20 Å². The molecule has 0 saturated carbocycles. The quantitative estimate of drug-likeness (QED) is 0.685. The van der Waals surface area contributed by atoms with Crippen molar-refractivity contribution in [1.82, 2.24) is 4.98 Å². The summed E-state index contributed by atoms with van der Waals surface area (Å²) in [5.41, 5.74) is 2.89. The Labute approximate surface area is 112 Å². The first-order valence-electron chi connectivity index (χ1n) is 6.18. The second kappa shape index (κ2) is 4.91. The van der Waals surface area contributed by atoms with Crippen molar-refractivity contribution in [3.05, 3.63) is 78.0 Å². The van der Waals surface area contributed by atoms with E-state index >= 15 is 0 Å². The van der Waals surface area contributed by atoms with E-state index in [1.807, 2.05) is 60.7 Å². The lowest BCUT2D eigenvalue weighted by Gasteiger charge is -2.10. The van der Waals surface area contributed by atoms with Gasteiger partial charge < -0.3 is 0 Å². The predicted molar refractivity (Wildman–Crippen MR) is 75.6 cm³/mol. The molecule has 0 spiro atoms. The topological polar surface area (TPSA) is 36.7 Å². The molecular formula is C17H12N2. The lowest BCUT2D eigenvalue weighted by Crippen LogP contribution is -1.98. The number of hydrogen-bond donors (Lipinski definition) is 0. The van der Waals surface area contributed by atoms with E-state index in [-0.39, 0.29) is 5.92 Å². The summed E-state index contributed by atoms with van der Waals surface area (Å²) in [4.78, 5) is 4.42. The summed E-state index contributed by atoms with van der Waals surface area (Å²) in [5, 5.41) is 10.5. The monoisotopic (exact) mass is 244 g/mol. The molecule has 3 aromatic rings. The van der Waals surface area contributed by atoms with Crippen LogP contribution >= 0.6 is 0 Å². The van der Waals surface area contributed by atoms with Gasteiger partial charge in [0.2, 0.25) is 0 Å². The molecule has 1 unspecified atom stereocenters. The molecule has 1 heterocycles. The number of para-hydroxylation sites is 1. The average molecular weight is 244 g/mol. The molecule has 0 radical (unpaired) electrons. The molecule has 19 heavy (non-hydrogen) atoms. The van der Waals surface area contributed by atoms with Gasteiger partial charge in [0, 0.05) is 11.6 Å². The van der Waals surface area contributed by atoms with Crippen LogP contribution in [0, 0.1) is 11.3 Å². The first kappa shape index (κ1) is 11.4. The normalized spacial score (nSPS) is 11.9. The maximum Gasteiger partial charge on any atom is 0.0977 e. The summed E-state index contributed by atoms with van der Waals surface area (Å²) < 4.78 is 0. The minimum atomic E-state index is -0.265. The fraction of sp³-hybridized carbons (Fsp3) is 0.0588. The third-order valence-corrected chi connectivity index (χ3v) is 3.21. The summed E-state index contributed by atoms with van der Waals surface area (Å²) >= 11 is 0. The zero-order chi connectivity index (χ0) is 13.1. The Hall–Kier alpha value is -2.66. The number of hydrogen-bond acceptors (Lipinski definition) is 2. The number of aromatic nitrogens is 1. The molecule has 2 aromatic carbocycles. The van der Waals surface area contributed by atoms with Gasteiger partial charge in [-0.15, -0.1) is 0 Å². The molecule has 0 aliphatic heterocycles. The molecule has 0 aliphatic rings. The Morgan fingerprint density at radius 1 is 0.895 bits per heavy atom. The predicted octanol–water partition coefficient (Wildman–Crippen LogP) is 3.89. The van der Waals surface area contributed by atoms with E-state index in [4.69, 9.17) is 0 Å². The molecule has 0 aliphatic carbocycles. The van der Waals surface area contributed by atoms with Crippen molar-refractivity contribution in [2.45, 2.75) is 5.92 Å². The van der Waals surface area contributed by atoms with Gasteiger partial charge in [0.05, 0.1) is 17.5 Å². The lowest BCUT2D eigenvalue weighted by atomic mass is 9.93. The molecule has 0 fully saturated rings. The molecule has 1 aromatic heterocycles. The molecule has 0 amide bonds. The van der Waals surface area contributed by atoms with Crippen LogP contribution in [0.2, 0.25) is 0 Å². The minimum absolute atomic E-state index is 0.265. The first-order chi connectivity index (χ1) is 9.38. The van der Waals surface area contributed by atoms with Crippen LogP contribution in [0.3, 0.4) is 0 Å². The van der Waals surface area contributed by atoms with Crippen LogP contribution in [-0.4, -0.2) is 4.98 Å². The highest BCUT2D eigenvalue weighted by Gasteiger charge is 2.13. The number of rotatable bonds is 2. The van der Waals surface area contributed by atoms with Gasteiger partial charge in [-0.3, -0.25) is 4.98 Å². The first-order valence-corrected chi connectivity index (χ1v) is 6.18. The molecule has 0 N–H and O–H groups in total. The van der Waals surface area contributed by atoms with Crippen molar-refractivity contribution < 1.29 is 0 Å². The maximum absolute atomic E-state index is 9.43. The summed E-state index contributed by atoms with van der Waals surface area (Å²) in [6.45, 7) is 0. The highest BCUT2D eigenvalue weighted by atomic mass is 14.6. The van der Waals surface area contributed by atoms with Crippen LogP contribution in [0.4, 0.5) is 0 Å².